The first-order chi connectivity index (χ1) is 8.72. The van der Waals surface area contributed by atoms with Crippen molar-refractivity contribution >= 4 is 5.97 Å². The van der Waals surface area contributed by atoms with Crippen LogP contribution < -0.4 is 14.8 Å². The summed E-state index contributed by atoms with van der Waals surface area (Å²) in [4.78, 5) is 10.3. The van der Waals surface area contributed by atoms with E-state index in [4.69, 9.17) is 14.6 Å². The van der Waals surface area contributed by atoms with E-state index in [0.29, 0.717) is 26.1 Å². The second-order valence-corrected chi connectivity index (χ2v) is 3.77. The van der Waals surface area contributed by atoms with Gasteiger partial charge in [-0.05, 0) is 37.2 Å². The SMILES string of the molecule is COc1ccc(OCCNCCCC(=O)O)cc1. The van der Waals surface area contributed by atoms with Gasteiger partial charge in [-0.25, -0.2) is 0 Å². The highest BCUT2D eigenvalue weighted by atomic mass is 16.5. The predicted molar refractivity (Wildman–Crippen MR) is 68.2 cm³/mol. The van der Waals surface area contributed by atoms with E-state index in [2.05, 4.69) is 5.32 Å². The summed E-state index contributed by atoms with van der Waals surface area (Å²) in [5.41, 5.74) is 0. The van der Waals surface area contributed by atoms with Gasteiger partial charge >= 0.3 is 5.97 Å². The average molecular weight is 253 g/mol. The molecule has 100 valence electrons. The second-order valence-electron chi connectivity index (χ2n) is 3.77. The van der Waals surface area contributed by atoms with Gasteiger partial charge < -0.3 is 19.9 Å². The lowest BCUT2D eigenvalue weighted by atomic mass is 10.3. The van der Waals surface area contributed by atoms with Crippen molar-refractivity contribution in [3.8, 4) is 11.5 Å². The Labute approximate surface area is 107 Å². The molecule has 0 heterocycles. The summed E-state index contributed by atoms with van der Waals surface area (Å²) < 4.78 is 10.5. The highest BCUT2D eigenvalue weighted by molar-refractivity contribution is 5.66. The standard InChI is InChI=1S/C13H19NO4/c1-17-11-4-6-12(7-5-11)18-10-9-14-8-2-3-13(15)16/h4-7,14H,2-3,8-10H2,1H3,(H,15,16). The van der Waals surface area contributed by atoms with Gasteiger partial charge in [-0.2, -0.15) is 0 Å². The number of benzene rings is 1. The molecule has 0 aromatic heterocycles. The maximum absolute atomic E-state index is 10.3. The summed E-state index contributed by atoms with van der Waals surface area (Å²) >= 11 is 0. The summed E-state index contributed by atoms with van der Waals surface area (Å²) in [5.74, 6) is 0.837. The number of methoxy groups -OCH3 is 1. The van der Waals surface area contributed by atoms with Crippen molar-refractivity contribution in [2.24, 2.45) is 0 Å². The minimum Gasteiger partial charge on any atom is -0.497 e. The fourth-order valence-corrected chi connectivity index (χ4v) is 1.40. The smallest absolute Gasteiger partial charge is 0.303 e. The molecule has 1 aromatic carbocycles. The predicted octanol–water partition coefficient (Wildman–Crippen LogP) is 1.53. The summed E-state index contributed by atoms with van der Waals surface area (Å²) in [6.45, 7) is 1.95. The molecule has 0 saturated carbocycles. The van der Waals surface area contributed by atoms with Gasteiger partial charge in [-0.15, -0.1) is 0 Å². The van der Waals surface area contributed by atoms with Crippen molar-refractivity contribution in [3.63, 3.8) is 0 Å². The molecule has 5 heteroatoms. The van der Waals surface area contributed by atoms with Crippen molar-refractivity contribution in [3.05, 3.63) is 24.3 Å². The fraction of sp³-hybridized carbons (Fsp3) is 0.462. The number of rotatable bonds is 9. The van der Waals surface area contributed by atoms with E-state index in [1.54, 1.807) is 7.11 Å². The Morgan fingerprint density at radius 1 is 1.22 bits per heavy atom. The minimum atomic E-state index is -0.758. The monoisotopic (exact) mass is 253 g/mol. The molecule has 0 aliphatic heterocycles. The highest BCUT2D eigenvalue weighted by Crippen LogP contribution is 2.16. The zero-order valence-corrected chi connectivity index (χ0v) is 10.5. The molecule has 1 rings (SSSR count). The van der Waals surface area contributed by atoms with Crippen LogP contribution in [0.1, 0.15) is 12.8 Å². The van der Waals surface area contributed by atoms with E-state index >= 15 is 0 Å². The molecule has 0 unspecified atom stereocenters. The largest absolute Gasteiger partial charge is 0.497 e. The van der Waals surface area contributed by atoms with Crippen LogP contribution in [0.2, 0.25) is 0 Å². The maximum Gasteiger partial charge on any atom is 0.303 e. The van der Waals surface area contributed by atoms with Crippen LogP contribution in [-0.2, 0) is 4.79 Å². The number of ether oxygens (including phenoxy) is 2. The molecule has 0 aliphatic rings. The molecule has 0 saturated heterocycles. The van der Waals surface area contributed by atoms with Crippen LogP contribution in [0.4, 0.5) is 0 Å². The van der Waals surface area contributed by atoms with Crippen molar-refractivity contribution in [1.29, 1.82) is 0 Å². The molecule has 0 aliphatic carbocycles. The van der Waals surface area contributed by atoms with Gasteiger partial charge in [0, 0.05) is 13.0 Å². The van der Waals surface area contributed by atoms with Crippen molar-refractivity contribution in [2.75, 3.05) is 26.8 Å². The van der Waals surface area contributed by atoms with Crippen molar-refractivity contribution in [1.82, 2.24) is 5.32 Å². The molecular formula is C13H19NO4. The van der Waals surface area contributed by atoms with Crippen LogP contribution in [0, 0.1) is 0 Å². The number of hydrogen-bond donors (Lipinski definition) is 2. The van der Waals surface area contributed by atoms with Gasteiger partial charge in [0.05, 0.1) is 7.11 Å². The molecule has 0 amide bonds. The Kier molecular flexibility index (Phi) is 6.64. The van der Waals surface area contributed by atoms with Crippen LogP contribution in [0.3, 0.4) is 0 Å². The molecule has 5 nitrogen and oxygen atoms in total. The van der Waals surface area contributed by atoms with Crippen LogP contribution in [-0.4, -0.2) is 37.9 Å². The lowest BCUT2D eigenvalue weighted by Gasteiger charge is -2.07. The first kappa shape index (κ1) is 14.3. The van der Waals surface area contributed by atoms with E-state index in [1.165, 1.54) is 0 Å². The highest BCUT2D eigenvalue weighted by Gasteiger charge is 1.97. The molecule has 0 fully saturated rings. The first-order valence-electron chi connectivity index (χ1n) is 5.91. The Morgan fingerprint density at radius 3 is 2.50 bits per heavy atom. The number of carboxylic acid groups (broad SMARTS) is 1. The van der Waals surface area contributed by atoms with E-state index in [0.717, 1.165) is 11.5 Å². The Bertz CT molecular complexity index is 351. The van der Waals surface area contributed by atoms with Crippen LogP contribution in [0.25, 0.3) is 0 Å². The molecule has 0 radical (unpaired) electrons. The molecule has 18 heavy (non-hydrogen) atoms. The number of hydrogen-bond acceptors (Lipinski definition) is 4. The van der Waals surface area contributed by atoms with Gasteiger partial charge in [-0.3, -0.25) is 4.79 Å². The van der Waals surface area contributed by atoms with Crippen molar-refractivity contribution < 1.29 is 19.4 Å². The average Bonchev–Trinajstić information content (AvgIpc) is 2.38. The van der Waals surface area contributed by atoms with Gasteiger partial charge in [0.25, 0.3) is 0 Å². The summed E-state index contributed by atoms with van der Waals surface area (Å²) in [5, 5.41) is 11.6. The minimum absolute atomic E-state index is 0.201. The third-order valence-electron chi connectivity index (χ3n) is 2.35. The number of carboxylic acids is 1. The van der Waals surface area contributed by atoms with E-state index in [1.807, 2.05) is 24.3 Å². The van der Waals surface area contributed by atoms with Crippen LogP contribution in [0.5, 0.6) is 11.5 Å². The van der Waals surface area contributed by atoms with Gasteiger partial charge in [-0.1, -0.05) is 0 Å². The Morgan fingerprint density at radius 2 is 1.89 bits per heavy atom. The third-order valence-corrected chi connectivity index (χ3v) is 2.35. The third kappa shape index (κ3) is 6.10. The van der Waals surface area contributed by atoms with Gasteiger partial charge in [0.2, 0.25) is 0 Å². The summed E-state index contributed by atoms with van der Waals surface area (Å²) in [7, 11) is 1.62. The lowest BCUT2D eigenvalue weighted by Crippen LogP contribution is -2.22. The molecule has 0 atom stereocenters. The van der Waals surface area contributed by atoms with E-state index in [9.17, 15) is 4.79 Å². The molecular weight excluding hydrogens is 234 g/mol. The maximum atomic E-state index is 10.3. The quantitative estimate of drug-likeness (QED) is 0.653. The molecule has 0 bridgehead atoms. The lowest BCUT2D eigenvalue weighted by molar-refractivity contribution is -0.137. The fourth-order valence-electron chi connectivity index (χ4n) is 1.40. The Hall–Kier alpha value is -1.75. The zero-order chi connectivity index (χ0) is 13.2. The van der Waals surface area contributed by atoms with Gasteiger partial charge in [0.1, 0.15) is 18.1 Å². The Balaban J connectivity index is 2.05. The number of aliphatic carboxylic acids is 1. The first-order valence-corrected chi connectivity index (χ1v) is 5.91. The summed E-state index contributed by atoms with van der Waals surface area (Å²) in [6.07, 6.45) is 0.838. The zero-order valence-electron chi connectivity index (χ0n) is 10.5. The molecule has 1 aromatic rings. The van der Waals surface area contributed by atoms with E-state index < -0.39 is 5.97 Å². The second kappa shape index (κ2) is 8.36. The molecule has 0 spiro atoms. The topological polar surface area (TPSA) is 67.8 Å². The van der Waals surface area contributed by atoms with E-state index in [-0.39, 0.29) is 6.42 Å². The van der Waals surface area contributed by atoms with Crippen molar-refractivity contribution in [2.45, 2.75) is 12.8 Å². The number of nitrogens with one attached hydrogen (secondary N) is 1. The van der Waals surface area contributed by atoms with Gasteiger partial charge in [0.15, 0.2) is 0 Å². The molecule has 2 N–H and O–H groups in total. The summed E-state index contributed by atoms with van der Waals surface area (Å²) in [6, 6.07) is 7.39. The van der Waals surface area contributed by atoms with Crippen LogP contribution >= 0.6 is 0 Å². The van der Waals surface area contributed by atoms with Crippen LogP contribution in [0.15, 0.2) is 24.3 Å². The number of carbonyl (C=O) groups is 1. The normalized spacial score (nSPS) is 10.1.